The number of unbranched alkanes of at least 4 members (excludes halogenated alkanes) is 26. The maximum absolute atomic E-state index is 10.9. The van der Waals surface area contributed by atoms with Gasteiger partial charge in [0.1, 0.15) is 0 Å². The number of aliphatic carboxylic acids is 1. The van der Waals surface area contributed by atoms with Gasteiger partial charge in [0.25, 0.3) is 5.97 Å². The summed E-state index contributed by atoms with van der Waals surface area (Å²) >= 11 is 0. The molecule has 0 atom stereocenters. The lowest BCUT2D eigenvalue weighted by Gasteiger charge is -2.23. The van der Waals surface area contributed by atoms with Crippen molar-refractivity contribution in [3.63, 3.8) is 0 Å². The van der Waals surface area contributed by atoms with Gasteiger partial charge < -0.3 is 5.11 Å². The second-order valence-corrected chi connectivity index (χ2v) is 14.1. The van der Waals surface area contributed by atoms with Crippen LogP contribution < -0.4 is 0 Å². The van der Waals surface area contributed by atoms with E-state index >= 15 is 0 Å². The molecule has 0 spiro atoms. The lowest BCUT2D eigenvalue weighted by Crippen LogP contribution is -2.26. The Balaban J connectivity index is 0.00000520. The first-order valence-electron chi connectivity index (χ1n) is 20.4. The molecule has 0 bridgehead atoms. The van der Waals surface area contributed by atoms with Crippen molar-refractivity contribution in [3.8, 4) is 0 Å². The normalized spacial score (nSPS) is 11.0. The molecule has 0 aliphatic rings. The molecule has 1 rings (SSSR count). The highest BCUT2D eigenvalue weighted by Gasteiger charge is 2.09. The predicted octanol–water partition coefficient (Wildman–Crippen LogP) is 13.6. The number of benzene rings is 1. The third kappa shape index (κ3) is 32.5. The van der Waals surface area contributed by atoms with Crippen LogP contribution in [0.4, 0.5) is 0 Å². The van der Waals surface area contributed by atoms with Crippen LogP contribution in [0, 0.1) is 10.3 Å². The van der Waals surface area contributed by atoms with Crippen molar-refractivity contribution in [2.75, 3.05) is 13.1 Å². The molecule has 1 aromatic carbocycles. The molecular weight excluding hydrogens is 594 g/mol. The van der Waals surface area contributed by atoms with Crippen LogP contribution in [0.15, 0.2) is 29.4 Å². The van der Waals surface area contributed by atoms with Gasteiger partial charge in [-0.2, -0.15) is 0 Å². The van der Waals surface area contributed by atoms with Crippen LogP contribution in [-0.2, 0) is 11.3 Å². The van der Waals surface area contributed by atoms with Crippen LogP contribution in [0.1, 0.15) is 212 Å². The Labute approximate surface area is 297 Å². The first-order valence-corrected chi connectivity index (χ1v) is 20.4. The summed E-state index contributed by atoms with van der Waals surface area (Å²) in [4.78, 5) is 22.5. The number of hydrogen-bond acceptors (Lipinski definition) is 4. The van der Waals surface area contributed by atoms with Crippen molar-refractivity contribution in [2.24, 2.45) is 5.18 Å². The Kier molecular flexibility index (Phi) is 34.6. The minimum atomic E-state index is -0.833. The zero-order valence-electron chi connectivity index (χ0n) is 31.9. The van der Waals surface area contributed by atoms with E-state index in [9.17, 15) is 4.91 Å². The molecule has 0 unspecified atom stereocenters. The summed E-state index contributed by atoms with van der Waals surface area (Å²) in [5, 5.41) is 18.1. The van der Waals surface area contributed by atoms with E-state index in [0.29, 0.717) is 5.56 Å². The molecule has 0 radical (unpaired) electrons. The van der Waals surface area contributed by atoms with E-state index in [-0.39, 0.29) is 5.84 Å². The maximum atomic E-state index is 10.9. The fraction of sp³-hybridized carbons (Fsp3) is 0.810. The van der Waals surface area contributed by atoms with E-state index in [1.54, 1.807) is 0 Å². The molecule has 278 valence electrons. The van der Waals surface area contributed by atoms with Gasteiger partial charge in [-0.25, -0.2) is 0 Å². The average Bonchev–Trinajstić information content (AvgIpc) is 3.07. The molecule has 6 heteroatoms. The van der Waals surface area contributed by atoms with Crippen molar-refractivity contribution in [1.29, 1.82) is 5.41 Å². The van der Waals surface area contributed by atoms with Crippen LogP contribution in [0.3, 0.4) is 0 Å². The monoisotopic (exact) mass is 672 g/mol. The summed E-state index contributed by atoms with van der Waals surface area (Å²) in [6.45, 7) is 8.85. The summed E-state index contributed by atoms with van der Waals surface area (Å²) in [7, 11) is 0. The zero-order chi connectivity index (χ0) is 35.3. The van der Waals surface area contributed by atoms with E-state index in [0.717, 1.165) is 26.6 Å². The fourth-order valence-corrected chi connectivity index (χ4v) is 6.46. The van der Waals surface area contributed by atoms with Crippen molar-refractivity contribution < 1.29 is 9.90 Å². The molecule has 6 nitrogen and oxygen atoms in total. The third-order valence-corrected chi connectivity index (χ3v) is 9.35. The second-order valence-electron chi connectivity index (χ2n) is 14.1. The van der Waals surface area contributed by atoms with Crippen molar-refractivity contribution in [2.45, 2.75) is 207 Å². The van der Waals surface area contributed by atoms with Crippen LogP contribution in [-0.4, -0.2) is 34.9 Å². The highest BCUT2D eigenvalue weighted by atomic mass is 16.4. The Hall–Kier alpha value is -2.08. The summed E-state index contributed by atoms with van der Waals surface area (Å²) < 4.78 is 0. The number of carboxylic acids is 1. The molecule has 0 aliphatic heterocycles. The second kappa shape index (κ2) is 36.2. The van der Waals surface area contributed by atoms with Crippen LogP contribution >= 0.6 is 0 Å². The molecule has 0 amide bonds. The smallest absolute Gasteiger partial charge is 0.300 e. The highest BCUT2D eigenvalue weighted by molar-refractivity contribution is 5.96. The molecule has 1 aromatic rings. The van der Waals surface area contributed by atoms with Gasteiger partial charge in [-0.1, -0.05) is 199 Å². The molecule has 0 aliphatic carbocycles. The number of nitroso groups, excluding NO2 is 1. The Morgan fingerprint density at radius 3 is 1.23 bits per heavy atom. The van der Waals surface area contributed by atoms with Gasteiger partial charge in [0.2, 0.25) is 0 Å². The first kappa shape index (κ1) is 45.9. The van der Waals surface area contributed by atoms with E-state index in [2.05, 4.69) is 30.0 Å². The lowest BCUT2D eigenvalue weighted by molar-refractivity contribution is -0.134. The van der Waals surface area contributed by atoms with E-state index < -0.39 is 5.97 Å². The Morgan fingerprint density at radius 2 is 0.917 bits per heavy atom. The lowest BCUT2D eigenvalue weighted by atomic mass is 10.0. The van der Waals surface area contributed by atoms with E-state index in [4.69, 9.17) is 15.3 Å². The van der Waals surface area contributed by atoms with Gasteiger partial charge in [-0.05, 0) is 42.7 Å². The third-order valence-electron chi connectivity index (χ3n) is 9.35. The SMILES string of the molecule is CC(=O)O.CCCCCCCCCCCCCCCCN(CCCCCCCCCCCCCCCC)Cc1cccc(C(=N)N=O)c1. The van der Waals surface area contributed by atoms with Gasteiger partial charge in [-0.3, -0.25) is 15.1 Å². The summed E-state index contributed by atoms with van der Waals surface area (Å²) in [6, 6.07) is 7.89. The zero-order valence-corrected chi connectivity index (χ0v) is 31.9. The number of nitrogens with one attached hydrogen (secondary N) is 1. The number of nitrogens with zero attached hydrogens (tertiary/aromatic N) is 2. The summed E-state index contributed by atoms with van der Waals surface area (Å²) in [5.41, 5.74) is 1.82. The Morgan fingerprint density at radius 1 is 0.604 bits per heavy atom. The van der Waals surface area contributed by atoms with Gasteiger partial charge >= 0.3 is 0 Å². The number of rotatable bonds is 33. The maximum Gasteiger partial charge on any atom is 0.300 e. The Bertz CT molecular complexity index is 839. The highest BCUT2D eigenvalue weighted by Crippen LogP contribution is 2.17. The summed E-state index contributed by atoms with van der Waals surface area (Å²) in [6.07, 6.45) is 39.1. The predicted molar refractivity (Wildman–Crippen MR) is 208 cm³/mol. The van der Waals surface area contributed by atoms with Crippen molar-refractivity contribution in [1.82, 2.24) is 4.90 Å². The molecule has 48 heavy (non-hydrogen) atoms. The van der Waals surface area contributed by atoms with Gasteiger partial charge in [-0.15, -0.1) is 4.91 Å². The molecular formula is C42H77N3O3. The van der Waals surface area contributed by atoms with Gasteiger partial charge in [0.05, 0.1) is 0 Å². The minimum absolute atomic E-state index is 0.169. The van der Waals surface area contributed by atoms with Crippen LogP contribution in [0.25, 0.3) is 0 Å². The first-order chi connectivity index (χ1) is 23.4. The largest absolute Gasteiger partial charge is 0.481 e. The van der Waals surface area contributed by atoms with Crippen molar-refractivity contribution in [3.05, 3.63) is 40.3 Å². The molecule has 0 heterocycles. The molecule has 0 saturated carbocycles. The number of carboxylic acid groups (broad SMARTS) is 1. The molecule has 0 fully saturated rings. The molecule has 2 N–H and O–H groups in total. The van der Waals surface area contributed by atoms with Gasteiger partial charge in [0, 0.05) is 19.0 Å². The standard InChI is InChI=1S/C40H73N3O.C2H4O2/c1-3-5-7-9-11-13-15-17-19-21-23-25-27-29-34-43(37-38-32-31-33-39(36-38)40(41)42-44)35-30-28-26-24-22-20-18-16-14-12-10-8-6-4-2;1-2(3)4/h31-33,36,41H,3-30,34-35,37H2,1-2H3;1H3,(H,3,4). The van der Waals surface area contributed by atoms with Crippen LogP contribution in [0.5, 0.6) is 0 Å². The molecule has 0 aromatic heterocycles. The van der Waals surface area contributed by atoms with E-state index in [1.807, 2.05) is 18.2 Å². The van der Waals surface area contributed by atoms with Crippen LogP contribution in [0.2, 0.25) is 0 Å². The summed E-state index contributed by atoms with van der Waals surface area (Å²) in [5.74, 6) is -1.00. The number of carbonyl (C=O) groups is 1. The minimum Gasteiger partial charge on any atom is -0.481 e. The average molecular weight is 672 g/mol. The number of amidine groups is 1. The van der Waals surface area contributed by atoms with Gasteiger partial charge in [0.15, 0.2) is 5.84 Å². The topological polar surface area (TPSA) is 93.8 Å². The van der Waals surface area contributed by atoms with Crippen molar-refractivity contribution >= 4 is 11.8 Å². The number of hydrogen-bond donors (Lipinski definition) is 2. The molecule has 0 saturated heterocycles. The van der Waals surface area contributed by atoms with E-state index in [1.165, 1.54) is 185 Å². The fourth-order valence-electron chi connectivity index (χ4n) is 6.46. The quantitative estimate of drug-likeness (QED) is 0.0336.